The lowest BCUT2D eigenvalue weighted by atomic mass is 10.0. The van der Waals surface area contributed by atoms with Crippen molar-refractivity contribution in [2.45, 2.75) is 49.7 Å². The van der Waals surface area contributed by atoms with E-state index in [1.165, 1.54) is 5.56 Å². The highest BCUT2D eigenvalue weighted by Gasteiger charge is 2.33. The van der Waals surface area contributed by atoms with Crippen molar-refractivity contribution >= 4 is 23.4 Å². The number of anilines is 1. The zero-order valence-corrected chi connectivity index (χ0v) is 15.4. The van der Waals surface area contributed by atoms with Gasteiger partial charge in [0, 0.05) is 30.0 Å². The Hall–Kier alpha value is -2.08. The maximum Gasteiger partial charge on any atom is 0.257 e. The van der Waals surface area contributed by atoms with Gasteiger partial charge in [0.2, 0.25) is 5.91 Å². The van der Waals surface area contributed by atoms with E-state index in [0.717, 1.165) is 66.5 Å². The fourth-order valence-electron chi connectivity index (χ4n) is 4.41. The van der Waals surface area contributed by atoms with Crippen molar-refractivity contribution in [2.75, 3.05) is 17.2 Å². The molecule has 0 saturated carbocycles. The highest BCUT2D eigenvalue weighted by Crippen LogP contribution is 2.35. The average molecular weight is 367 g/mol. The molecule has 3 heterocycles. The van der Waals surface area contributed by atoms with Gasteiger partial charge in [0.15, 0.2) is 5.16 Å². The van der Waals surface area contributed by atoms with Crippen LogP contribution in [0.4, 0.5) is 5.69 Å². The topological polar surface area (TPSA) is 55.2 Å². The van der Waals surface area contributed by atoms with Crippen molar-refractivity contribution in [3.63, 3.8) is 0 Å². The molecule has 6 heteroatoms. The van der Waals surface area contributed by atoms with E-state index in [-0.39, 0.29) is 17.5 Å². The van der Waals surface area contributed by atoms with E-state index in [1.807, 2.05) is 23.1 Å². The zero-order chi connectivity index (χ0) is 17.7. The first kappa shape index (κ1) is 16.1. The van der Waals surface area contributed by atoms with Gasteiger partial charge in [0.1, 0.15) is 0 Å². The molecule has 0 N–H and O–H groups in total. The smallest absolute Gasteiger partial charge is 0.257 e. The molecule has 1 aliphatic carbocycles. The molecule has 5 nitrogen and oxygen atoms in total. The molecule has 2 aromatic rings. The predicted octanol–water partition coefficient (Wildman–Crippen LogP) is 2.75. The minimum absolute atomic E-state index is 0.0810. The number of rotatable bonds is 2. The molecule has 1 amide bonds. The summed E-state index contributed by atoms with van der Waals surface area (Å²) in [5, 5.41) is 0.799. The molecule has 0 spiro atoms. The van der Waals surface area contributed by atoms with Crippen molar-refractivity contribution < 1.29 is 4.79 Å². The van der Waals surface area contributed by atoms with Crippen molar-refractivity contribution in [3.05, 3.63) is 51.4 Å². The van der Waals surface area contributed by atoms with E-state index < -0.39 is 0 Å². The summed E-state index contributed by atoms with van der Waals surface area (Å²) in [6.45, 7) is 0.764. The molecule has 0 saturated heterocycles. The third kappa shape index (κ3) is 2.50. The highest BCUT2D eigenvalue weighted by molar-refractivity contribution is 7.99. The minimum atomic E-state index is -0.0810. The molecular formula is C20H21N3O2S. The summed E-state index contributed by atoms with van der Waals surface area (Å²) in [4.78, 5) is 32.6. The van der Waals surface area contributed by atoms with Crippen LogP contribution in [0.15, 0.2) is 34.2 Å². The number of carbonyl (C=O) groups is 1. The Morgan fingerprint density at radius 3 is 3.00 bits per heavy atom. The standard InChI is InChI=1S/C20H21N3O2S/c24-18(22-10-4-6-13-5-1-2-9-17(13)22)11-14-12-26-20-21-16-8-3-7-15(16)19(25)23(14)20/h1-2,5,9,14H,3-4,6-8,10-12H2. The number of para-hydroxylation sites is 1. The van der Waals surface area contributed by atoms with Crippen molar-refractivity contribution in [1.29, 1.82) is 0 Å². The first-order valence-corrected chi connectivity index (χ1v) is 10.4. The molecule has 1 aromatic heterocycles. The number of amides is 1. The van der Waals surface area contributed by atoms with E-state index >= 15 is 0 Å². The molecule has 0 fully saturated rings. The summed E-state index contributed by atoms with van der Waals surface area (Å²) >= 11 is 1.61. The Bertz CT molecular complexity index is 953. The number of nitrogens with zero attached hydrogens (tertiary/aromatic N) is 3. The van der Waals surface area contributed by atoms with E-state index in [0.29, 0.717) is 6.42 Å². The molecule has 134 valence electrons. The Balaban J connectivity index is 1.43. The van der Waals surface area contributed by atoms with Crippen molar-refractivity contribution in [3.8, 4) is 0 Å². The molecule has 1 aromatic carbocycles. The van der Waals surface area contributed by atoms with Gasteiger partial charge in [-0.15, -0.1) is 0 Å². The maximum absolute atomic E-state index is 13.1. The first-order chi connectivity index (χ1) is 12.7. The number of aryl methyl sites for hydroxylation is 2. The molecule has 2 aliphatic heterocycles. The Labute approximate surface area is 156 Å². The van der Waals surface area contributed by atoms with Crippen LogP contribution in [0, 0.1) is 0 Å². The number of hydrogen-bond donors (Lipinski definition) is 0. The predicted molar refractivity (Wildman–Crippen MR) is 102 cm³/mol. The Kier molecular flexibility index (Phi) is 3.89. The van der Waals surface area contributed by atoms with Gasteiger partial charge in [-0.1, -0.05) is 30.0 Å². The number of thioether (sulfide) groups is 1. The molecule has 1 atom stereocenters. The molecule has 5 rings (SSSR count). The van der Waals surface area contributed by atoms with Crippen molar-refractivity contribution in [1.82, 2.24) is 9.55 Å². The minimum Gasteiger partial charge on any atom is -0.312 e. The highest BCUT2D eigenvalue weighted by atomic mass is 32.2. The average Bonchev–Trinajstić information content (AvgIpc) is 3.29. The second-order valence-corrected chi connectivity index (χ2v) is 8.28. The van der Waals surface area contributed by atoms with E-state index in [1.54, 1.807) is 16.3 Å². The number of hydrogen-bond acceptors (Lipinski definition) is 4. The van der Waals surface area contributed by atoms with Crippen LogP contribution in [0.2, 0.25) is 0 Å². The first-order valence-electron chi connectivity index (χ1n) is 9.38. The van der Waals surface area contributed by atoms with Gasteiger partial charge in [0.05, 0.1) is 11.7 Å². The molecule has 0 bridgehead atoms. The van der Waals surface area contributed by atoms with Gasteiger partial charge >= 0.3 is 0 Å². The summed E-state index contributed by atoms with van der Waals surface area (Å²) in [5.74, 6) is 0.870. The number of aromatic nitrogens is 2. The lowest BCUT2D eigenvalue weighted by Gasteiger charge is -2.30. The summed E-state index contributed by atoms with van der Waals surface area (Å²) in [7, 11) is 0. The fourth-order valence-corrected chi connectivity index (χ4v) is 5.56. The molecule has 1 unspecified atom stereocenters. The molecule has 26 heavy (non-hydrogen) atoms. The van der Waals surface area contributed by atoms with Crippen LogP contribution >= 0.6 is 11.8 Å². The zero-order valence-electron chi connectivity index (χ0n) is 14.6. The largest absolute Gasteiger partial charge is 0.312 e. The molecular weight excluding hydrogens is 346 g/mol. The van der Waals surface area contributed by atoms with E-state index in [2.05, 4.69) is 6.07 Å². The summed E-state index contributed by atoms with van der Waals surface area (Å²) in [6.07, 6.45) is 5.14. The third-order valence-electron chi connectivity index (χ3n) is 5.69. The summed E-state index contributed by atoms with van der Waals surface area (Å²) in [6, 6.07) is 8.07. The summed E-state index contributed by atoms with van der Waals surface area (Å²) < 4.78 is 1.79. The third-order valence-corrected chi connectivity index (χ3v) is 6.79. The van der Waals surface area contributed by atoms with Crippen LogP contribution in [0.25, 0.3) is 0 Å². The maximum atomic E-state index is 13.1. The van der Waals surface area contributed by atoms with Crippen molar-refractivity contribution in [2.24, 2.45) is 0 Å². The van der Waals surface area contributed by atoms with Crippen LogP contribution < -0.4 is 10.5 Å². The Morgan fingerprint density at radius 1 is 1.19 bits per heavy atom. The van der Waals surface area contributed by atoms with E-state index in [4.69, 9.17) is 4.98 Å². The van der Waals surface area contributed by atoms with Gasteiger partial charge in [-0.25, -0.2) is 4.98 Å². The Morgan fingerprint density at radius 2 is 2.08 bits per heavy atom. The van der Waals surface area contributed by atoms with Crippen LogP contribution in [0.5, 0.6) is 0 Å². The molecule has 0 radical (unpaired) electrons. The van der Waals surface area contributed by atoms with Crippen LogP contribution in [0.1, 0.15) is 42.1 Å². The van der Waals surface area contributed by atoms with Crippen LogP contribution in [0.3, 0.4) is 0 Å². The SMILES string of the molecule is O=C(CC1CSc2nc3c(c(=O)n21)CCC3)N1CCCc2ccccc21. The number of fused-ring (bicyclic) bond motifs is 3. The summed E-state index contributed by atoms with van der Waals surface area (Å²) in [5.41, 5.74) is 4.21. The normalized spacial score (nSPS) is 20.6. The second-order valence-electron chi connectivity index (χ2n) is 7.29. The lowest BCUT2D eigenvalue weighted by molar-refractivity contribution is -0.119. The van der Waals surface area contributed by atoms with Gasteiger partial charge in [-0.2, -0.15) is 0 Å². The second kappa shape index (κ2) is 6.27. The van der Waals surface area contributed by atoms with Gasteiger partial charge in [0.25, 0.3) is 5.56 Å². The molecule has 3 aliphatic rings. The monoisotopic (exact) mass is 367 g/mol. The van der Waals surface area contributed by atoms with Crippen LogP contribution in [-0.2, 0) is 24.1 Å². The van der Waals surface area contributed by atoms with Crippen LogP contribution in [-0.4, -0.2) is 27.8 Å². The lowest BCUT2D eigenvalue weighted by Crippen LogP contribution is -2.38. The number of benzene rings is 1. The van der Waals surface area contributed by atoms with E-state index in [9.17, 15) is 9.59 Å². The van der Waals surface area contributed by atoms with Gasteiger partial charge in [-0.05, 0) is 43.7 Å². The van der Waals surface area contributed by atoms with Gasteiger partial charge < -0.3 is 4.90 Å². The fraction of sp³-hybridized carbons (Fsp3) is 0.450. The van der Waals surface area contributed by atoms with Gasteiger partial charge in [-0.3, -0.25) is 14.2 Å². The number of carbonyl (C=O) groups excluding carboxylic acids is 1. The quantitative estimate of drug-likeness (QED) is 0.766.